The van der Waals surface area contributed by atoms with E-state index in [2.05, 4.69) is 12.6 Å². The monoisotopic (exact) mass is 962 g/mol. The Morgan fingerprint density at radius 1 is 0.942 bits per heavy atom. The van der Waals surface area contributed by atoms with Crippen LogP contribution in [0.1, 0.15) is 106 Å². The summed E-state index contributed by atoms with van der Waals surface area (Å²) in [6, 6.07) is 12.9. The lowest BCUT2D eigenvalue weighted by atomic mass is 9.81. The number of rotatable bonds is 10. The normalized spacial score (nSPS) is 36.9. The maximum Gasteiger partial charge on any atom is 0.329 e. The summed E-state index contributed by atoms with van der Waals surface area (Å²) in [6.45, 7) is 14.5. The molecule has 69 heavy (non-hydrogen) atoms. The number of piperidine rings is 1. The van der Waals surface area contributed by atoms with Gasteiger partial charge in [0.15, 0.2) is 0 Å². The van der Waals surface area contributed by atoms with E-state index in [0.717, 1.165) is 21.4 Å². The minimum atomic E-state index is -2.62. The van der Waals surface area contributed by atoms with Crippen LogP contribution in [0.2, 0.25) is 0 Å². The predicted octanol–water partition coefficient (Wildman–Crippen LogP) is 8.22. The largest absolute Gasteiger partial charge is 0.488 e. The summed E-state index contributed by atoms with van der Waals surface area (Å²) in [5.74, 6) is -8.43. The number of methoxy groups -OCH3 is 2. The first kappa shape index (κ1) is 54.0. The maximum absolute atomic E-state index is 16.4. The quantitative estimate of drug-likeness (QED) is 0.133. The molecule has 2 N–H and O–H groups in total. The molecule has 0 spiro atoms. The first-order chi connectivity index (χ1) is 32.9. The van der Waals surface area contributed by atoms with Crippen molar-refractivity contribution < 1.29 is 62.2 Å². The highest BCUT2D eigenvalue weighted by atomic mass is 19.1. The number of fused-ring (bicyclic) bond motifs is 4. The van der Waals surface area contributed by atoms with Crippen molar-refractivity contribution >= 4 is 34.2 Å². The second-order valence-electron chi connectivity index (χ2n) is 20.1. The number of aliphatic hydroxyl groups is 2. The zero-order valence-electron chi connectivity index (χ0n) is 41.9. The van der Waals surface area contributed by atoms with Crippen molar-refractivity contribution in [1.82, 2.24) is 4.90 Å². The predicted molar refractivity (Wildman–Crippen MR) is 260 cm³/mol. The molecule has 2 bridgehead atoms. The molecule has 1 amide bonds. The summed E-state index contributed by atoms with van der Waals surface area (Å²) in [6.07, 6.45) is 1.79. The number of cyclic esters (lactones) is 1. The molecule has 1 aliphatic carbocycles. The number of amides is 1. The fourth-order valence-corrected chi connectivity index (χ4v) is 10.9. The number of hydrogen-bond acceptors (Lipinski definition) is 12. The zero-order chi connectivity index (χ0) is 50.2. The van der Waals surface area contributed by atoms with Crippen molar-refractivity contribution in [3.63, 3.8) is 0 Å². The van der Waals surface area contributed by atoms with Crippen LogP contribution in [0.25, 0.3) is 10.8 Å². The smallest absolute Gasteiger partial charge is 0.329 e. The molecule has 13 nitrogen and oxygen atoms in total. The highest BCUT2D eigenvalue weighted by Gasteiger charge is 2.57. The third-order valence-electron chi connectivity index (χ3n) is 15.2. The van der Waals surface area contributed by atoms with Crippen molar-refractivity contribution in [2.24, 2.45) is 29.6 Å². The molecule has 14 heteroatoms. The molecule has 2 aromatic rings. The number of Topliss-reactive ketones (excluding diaryl/α,β-unsaturated/α-hetero) is 2. The van der Waals surface area contributed by atoms with Gasteiger partial charge in [-0.3, -0.25) is 14.4 Å². The number of carbonyl (C=O) groups is 4. The molecule has 380 valence electrons. The molecule has 2 saturated heterocycles. The van der Waals surface area contributed by atoms with Crippen LogP contribution in [0.3, 0.4) is 0 Å². The number of alkyl halides is 1. The van der Waals surface area contributed by atoms with E-state index in [1.54, 1.807) is 39.8 Å². The molecule has 3 heterocycles. The fourth-order valence-electron chi connectivity index (χ4n) is 10.9. The third-order valence-corrected chi connectivity index (χ3v) is 15.2. The first-order valence-electron chi connectivity index (χ1n) is 25.0. The molecule has 3 fully saturated rings. The van der Waals surface area contributed by atoms with Gasteiger partial charge >= 0.3 is 5.97 Å². The molecule has 2 aromatic carbocycles. The summed E-state index contributed by atoms with van der Waals surface area (Å²) in [7, 11) is 2.89. The molecular weight excluding hydrogens is 886 g/mol. The number of halogens is 1. The molecule has 0 aromatic heterocycles. The Hall–Kier alpha value is -4.31. The third kappa shape index (κ3) is 12.6. The van der Waals surface area contributed by atoms with Crippen LogP contribution in [-0.2, 0) is 42.9 Å². The Bertz CT molecular complexity index is 2180. The van der Waals surface area contributed by atoms with Crippen LogP contribution < -0.4 is 4.74 Å². The summed E-state index contributed by atoms with van der Waals surface area (Å²) in [5, 5.41) is 26.2. The van der Waals surface area contributed by atoms with E-state index in [-0.39, 0.29) is 56.1 Å². The van der Waals surface area contributed by atoms with Gasteiger partial charge in [0.05, 0.1) is 31.0 Å². The van der Waals surface area contributed by atoms with Crippen molar-refractivity contribution in [2.75, 3.05) is 27.4 Å². The van der Waals surface area contributed by atoms with Crippen LogP contribution in [-0.4, -0.2) is 127 Å². The SMILES string of the molecule is C=CCOC1CC(C=C(C)C2OC(=O)C3CCCCN3C(=O)C(=O)C3(O)OC(C(OC)CC(C)C(F)/C(C)=C/C(CC)C(=O)CC(O)C2C)C(OC)CC3C)CCC1Oc1ccc2ccccc2c1. The first-order valence-corrected chi connectivity index (χ1v) is 25.0. The molecule has 6 rings (SSSR count). The molecule has 15 atom stereocenters. The zero-order valence-corrected chi connectivity index (χ0v) is 41.9. The Balaban J connectivity index is 1.33. The van der Waals surface area contributed by atoms with Crippen LogP contribution in [0.5, 0.6) is 5.75 Å². The van der Waals surface area contributed by atoms with Gasteiger partial charge in [0, 0.05) is 44.9 Å². The number of hydrogen-bond donors (Lipinski definition) is 2. The van der Waals surface area contributed by atoms with E-state index in [0.29, 0.717) is 56.3 Å². The van der Waals surface area contributed by atoms with Crippen molar-refractivity contribution in [1.29, 1.82) is 0 Å². The van der Waals surface area contributed by atoms with Crippen molar-refractivity contribution in [3.05, 3.63) is 78.4 Å². The second kappa shape index (κ2) is 24.2. The Labute approximate surface area is 407 Å². The van der Waals surface area contributed by atoms with Gasteiger partial charge in [-0.1, -0.05) is 76.3 Å². The van der Waals surface area contributed by atoms with E-state index in [1.807, 2.05) is 56.3 Å². The van der Waals surface area contributed by atoms with Crippen LogP contribution in [0, 0.1) is 29.6 Å². The molecule has 0 radical (unpaired) electrons. The van der Waals surface area contributed by atoms with Gasteiger partial charge in [-0.25, -0.2) is 9.18 Å². The fraction of sp³-hybridized carbons (Fsp3) is 0.636. The van der Waals surface area contributed by atoms with Gasteiger partial charge in [-0.05, 0) is 118 Å². The number of allylic oxidation sites excluding steroid dienone is 3. The van der Waals surface area contributed by atoms with Gasteiger partial charge in [0.2, 0.25) is 5.79 Å². The lowest BCUT2D eigenvalue weighted by molar-refractivity contribution is -0.302. The molecule has 15 unspecified atom stereocenters. The lowest BCUT2D eigenvalue weighted by Crippen LogP contribution is -2.64. The highest BCUT2D eigenvalue weighted by Crippen LogP contribution is 2.40. The van der Waals surface area contributed by atoms with E-state index >= 15 is 4.39 Å². The molecule has 3 aliphatic heterocycles. The molecular formula is C55H76FNO12. The standard InChI is InChI=1S/C55H76FNO12/c1-10-24-66-46-29-37(19-22-45(46)67-41-21-20-39-16-12-13-17-40(39)30-41)25-34(5)50-36(7)43(58)31-44(59)38(11-2)26-32(3)49(56)33(4)27-47(64-8)51-48(65-9)28-35(6)55(63,69-51)52(60)53(61)57-23-15-14-18-42(57)54(62)68-50/h10,12-13,16-17,20-21,25-26,30,33,35-38,42-43,45-51,58,63H,1,11,14-15,18-19,22-24,27-29,31H2,2-9H3/b32-26+,34-25?. The second-order valence-corrected chi connectivity index (χ2v) is 20.1. The summed E-state index contributed by atoms with van der Waals surface area (Å²) >= 11 is 0. The highest BCUT2D eigenvalue weighted by molar-refractivity contribution is 6.39. The van der Waals surface area contributed by atoms with Gasteiger partial charge in [0.1, 0.15) is 42.1 Å². The minimum absolute atomic E-state index is 0.0442. The molecule has 1 saturated carbocycles. The van der Waals surface area contributed by atoms with Gasteiger partial charge in [-0.2, -0.15) is 0 Å². The number of nitrogens with zero attached hydrogens (tertiary/aromatic N) is 1. The van der Waals surface area contributed by atoms with Gasteiger partial charge < -0.3 is 43.5 Å². The van der Waals surface area contributed by atoms with E-state index in [1.165, 1.54) is 14.2 Å². The van der Waals surface area contributed by atoms with E-state index < -0.39 is 89.9 Å². The number of ketones is 2. The van der Waals surface area contributed by atoms with Gasteiger partial charge in [-0.15, -0.1) is 6.58 Å². The maximum atomic E-state index is 16.4. The molecule has 4 aliphatic rings. The summed E-state index contributed by atoms with van der Waals surface area (Å²) in [4.78, 5) is 58.6. The van der Waals surface area contributed by atoms with Crippen molar-refractivity contribution in [3.8, 4) is 5.75 Å². The van der Waals surface area contributed by atoms with Crippen LogP contribution >= 0.6 is 0 Å². The number of carbonyl (C=O) groups excluding carboxylic acids is 4. The average Bonchev–Trinajstić information content (AvgIpc) is 3.35. The Morgan fingerprint density at radius 2 is 1.65 bits per heavy atom. The van der Waals surface area contributed by atoms with Crippen molar-refractivity contribution in [2.45, 2.75) is 166 Å². The average molecular weight is 962 g/mol. The van der Waals surface area contributed by atoms with E-state index in [4.69, 9.17) is 28.4 Å². The van der Waals surface area contributed by atoms with Gasteiger partial charge in [0.25, 0.3) is 11.7 Å². The Kier molecular flexibility index (Phi) is 19.0. The lowest BCUT2D eigenvalue weighted by Gasteiger charge is -2.47. The minimum Gasteiger partial charge on any atom is -0.488 e. The van der Waals surface area contributed by atoms with Crippen LogP contribution in [0.15, 0.2) is 78.4 Å². The number of esters is 1. The number of ether oxygens (including phenoxy) is 6. The topological polar surface area (TPSA) is 167 Å². The van der Waals surface area contributed by atoms with Crippen LogP contribution in [0.4, 0.5) is 4.39 Å². The summed E-state index contributed by atoms with van der Waals surface area (Å²) in [5.41, 5.74) is 0.967. The summed E-state index contributed by atoms with van der Waals surface area (Å²) < 4.78 is 53.5. The number of aliphatic hydroxyl groups excluding tert-OH is 1. The Morgan fingerprint density at radius 3 is 2.35 bits per heavy atom. The number of benzene rings is 2. The van der Waals surface area contributed by atoms with E-state index in [9.17, 15) is 29.4 Å².